The van der Waals surface area contributed by atoms with E-state index in [0.717, 1.165) is 31.2 Å². The fraction of sp³-hybridized carbons (Fsp3) is 0.632. The molecule has 0 atom stereocenters. The number of carbonyl (C=O) groups is 2. The van der Waals surface area contributed by atoms with Crippen LogP contribution < -0.4 is 10.6 Å². The van der Waals surface area contributed by atoms with Crippen molar-refractivity contribution in [2.75, 3.05) is 31.3 Å². The van der Waals surface area contributed by atoms with Crippen molar-refractivity contribution in [2.24, 2.45) is 5.92 Å². The van der Waals surface area contributed by atoms with Crippen molar-refractivity contribution in [3.8, 4) is 0 Å². The first-order valence-electron chi connectivity index (χ1n) is 10.1. The van der Waals surface area contributed by atoms with Crippen molar-refractivity contribution in [3.05, 3.63) is 16.0 Å². The number of anilines is 1. The topological polar surface area (TPSA) is 111 Å². The number of thioether (sulfide) groups is 1. The fourth-order valence-corrected chi connectivity index (χ4v) is 5.29. The Morgan fingerprint density at radius 3 is 2.87 bits per heavy atom. The van der Waals surface area contributed by atoms with Crippen molar-refractivity contribution in [2.45, 2.75) is 51.2 Å². The molecule has 0 bridgehead atoms. The normalized spacial score (nSPS) is 13.3. The Bertz CT molecular complexity index is 880. The summed E-state index contributed by atoms with van der Waals surface area (Å²) in [6, 6.07) is 0. The van der Waals surface area contributed by atoms with Crippen LogP contribution in [-0.2, 0) is 28.9 Å². The number of amides is 2. The average Bonchev–Trinajstić information content (AvgIpc) is 3.29. The van der Waals surface area contributed by atoms with Crippen LogP contribution in [0, 0.1) is 5.92 Å². The van der Waals surface area contributed by atoms with Gasteiger partial charge >= 0.3 is 0 Å². The van der Waals surface area contributed by atoms with Gasteiger partial charge in [0.2, 0.25) is 11.1 Å². The summed E-state index contributed by atoms with van der Waals surface area (Å²) in [5, 5.41) is 18.8. The van der Waals surface area contributed by atoms with Crippen molar-refractivity contribution in [1.29, 1.82) is 0 Å². The number of fused-ring (bicyclic) bond motifs is 1. The van der Waals surface area contributed by atoms with Crippen LogP contribution in [0.2, 0.25) is 0 Å². The number of hydrogen-bond acceptors (Lipinski definition) is 8. The monoisotopic (exact) mass is 452 g/mol. The number of nitrogens with zero attached hydrogens (tertiary/aromatic N) is 4. The van der Waals surface area contributed by atoms with Gasteiger partial charge in [0.15, 0.2) is 0 Å². The Kier molecular flexibility index (Phi) is 8.23. The minimum absolute atomic E-state index is 0.157. The van der Waals surface area contributed by atoms with Crippen molar-refractivity contribution in [3.63, 3.8) is 0 Å². The third-order valence-electron chi connectivity index (χ3n) is 4.61. The number of carbonyl (C=O) groups excluding carboxylic acids is 2. The van der Waals surface area contributed by atoms with Gasteiger partial charge in [0.05, 0.1) is 17.9 Å². The Labute approximate surface area is 184 Å². The second-order valence-electron chi connectivity index (χ2n) is 7.54. The standard InChI is InChI=1S/C19H28N6O3S2/c1-12(2)10-25-19(22-23-24-25)29-11-15(26)21-18-16(17(27)20-8-9-28-3)13-6-4-5-7-14(13)30-18/h12H,4-11H2,1-3H3,(H,20,27)(H,21,26). The van der Waals surface area contributed by atoms with Gasteiger partial charge in [-0.25, -0.2) is 4.68 Å². The van der Waals surface area contributed by atoms with E-state index in [4.69, 9.17) is 4.74 Å². The lowest BCUT2D eigenvalue weighted by Crippen LogP contribution is -2.29. The maximum Gasteiger partial charge on any atom is 0.254 e. The number of aryl methyl sites for hydroxylation is 1. The number of rotatable bonds is 10. The van der Waals surface area contributed by atoms with Gasteiger partial charge in [-0.3, -0.25) is 9.59 Å². The molecular weight excluding hydrogens is 424 g/mol. The van der Waals surface area contributed by atoms with Crippen LogP contribution in [0.3, 0.4) is 0 Å². The summed E-state index contributed by atoms with van der Waals surface area (Å²) in [6.45, 7) is 5.74. The van der Waals surface area contributed by atoms with Crippen LogP contribution in [0.4, 0.5) is 5.00 Å². The van der Waals surface area contributed by atoms with E-state index in [1.807, 2.05) is 0 Å². The van der Waals surface area contributed by atoms with Crippen LogP contribution >= 0.6 is 23.1 Å². The number of tetrazole rings is 1. The molecule has 0 spiro atoms. The first-order valence-corrected chi connectivity index (χ1v) is 11.9. The number of nitrogens with one attached hydrogen (secondary N) is 2. The highest BCUT2D eigenvalue weighted by atomic mass is 32.2. The lowest BCUT2D eigenvalue weighted by atomic mass is 9.95. The molecule has 2 amide bonds. The molecule has 2 aromatic heterocycles. The molecule has 0 aliphatic heterocycles. The van der Waals surface area contributed by atoms with Crippen molar-refractivity contribution >= 4 is 39.9 Å². The molecule has 3 rings (SSSR count). The number of thiophene rings is 1. The van der Waals surface area contributed by atoms with Crippen LogP contribution in [0.5, 0.6) is 0 Å². The Morgan fingerprint density at radius 2 is 2.10 bits per heavy atom. The third kappa shape index (κ3) is 5.79. The first-order chi connectivity index (χ1) is 14.5. The molecule has 9 nitrogen and oxygen atoms in total. The van der Waals surface area contributed by atoms with Crippen molar-refractivity contribution in [1.82, 2.24) is 25.5 Å². The summed E-state index contributed by atoms with van der Waals surface area (Å²) < 4.78 is 6.72. The zero-order valence-electron chi connectivity index (χ0n) is 17.6. The Hall–Kier alpha value is -1.98. The molecule has 2 heterocycles. The summed E-state index contributed by atoms with van der Waals surface area (Å²) in [6.07, 6.45) is 3.99. The van der Waals surface area contributed by atoms with Gasteiger partial charge in [-0.1, -0.05) is 25.6 Å². The van der Waals surface area contributed by atoms with Gasteiger partial charge in [0.1, 0.15) is 5.00 Å². The fourth-order valence-electron chi connectivity index (χ4n) is 3.30. The first kappa shape index (κ1) is 22.7. The predicted molar refractivity (Wildman–Crippen MR) is 117 cm³/mol. The van der Waals surface area contributed by atoms with E-state index >= 15 is 0 Å². The third-order valence-corrected chi connectivity index (χ3v) is 6.78. The summed E-state index contributed by atoms with van der Waals surface area (Å²) in [7, 11) is 1.60. The van der Waals surface area contributed by atoms with E-state index in [0.29, 0.717) is 41.3 Å². The lowest BCUT2D eigenvalue weighted by Gasteiger charge is -2.13. The van der Waals surface area contributed by atoms with E-state index < -0.39 is 0 Å². The molecule has 0 saturated carbocycles. The van der Waals surface area contributed by atoms with Crippen LogP contribution in [-0.4, -0.2) is 58.0 Å². The molecule has 0 unspecified atom stereocenters. The van der Waals surface area contributed by atoms with Gasteiger partial charge in [-0.2, -0.15) is 0 Å². The summed E-state index contributed by atoms with van der Waals surface area (Å²) in [5.41, 5.74) is 1.68. The lowest BCUT2D eigenvalue weighted by molar-refractivity contribution is -0.113. The van der Waals surface area contributed by atoms with Gasteiger partial charge < -0.3 is 15.4 Å². The largest absolute Gasteiger partial charge is 0.383 e. The van der Waals surface area contributed by atoms with E-state index in [1.54, 1.807) is 11.8 Å². The zero-order chi connectivity index (χ0) is 21.5. The quantitative estimate of drug-likeness (QED) is 0.420. The van der Waals surface area contributed by atoms with E-state index in [-0.39, 0.29) is 17.6 Å². The molecular formula is C19H28N6O3S2. The van der Waals surface area contributed by atoms with Gasteiger partial charge in [-0.15, -0.1) is 16.4 Å². The molecule has 0 saturated heterocycles. The maximum atomic E-state index is 12.8. The summed E-state index contributed by atoms with van der Waals surface area (Å²) in [4.78, 5) is 26.6. The maximum absolute atomic E-state index is 12.8. The Balaban J connectivity index is 1.68. The summed E-state index contributed by atoms with van der Waals surface area (Å²) >= 11 is 2.81. The molecule has 0 aromatic carbocycles. The number of hydrogen-bond donors (Lipinski definition) is 2. The number of aromatic nitrogens is 4. The number of ether oxygens (including phenoxy) is 1. The second-order valence-corrected chi connectivity index (χ2v) is 9.59. The molecule has 2 aromatic rings. The summed E-state index contributed by atoms with van der Waals surface area (Å²) in [5.74, 6) is 0.239. The molecule has 11 heteroatoms. The van der Waals surface area contributed by atoms with E-state index in [9.17, 15) is 9.59 Å². The molecule has 1 aliphatic carbocycles. The molecule has 0 radical (unpaired) electrons. The molecule has 30 heavy (non-hydrogen) atoms. The van der Waals surface area contributed by atoms with E-state index in [2.05, 4.69) is 40.0 Å². The van der Waals surface area contributed by atoms with Crippen LogP contribution in [0.15, 0.2) is 5.16 Å². The Morgan fingerprint density at radius 1 is 1.30 bits per heavy atom. The van der Waals surface area contributed by atoms with Crippen LogP contribution in [0.25, 0.3) is 0 Å². The zero-order valence-corrected chi connectivity index (χ0v) is 19.2. The average molecular weight is 453 g/mol. The smallest absolute Gasteiger partial charge is 0.254 e. The van der Waals surface area contributed by atoms with E-state index in [1.165, 1.54) is 28.0 Å². The molecule has 2 N–H and O–H groups in total. The predicted octanol–water partition coefficient (Wildman–Crippen LogP) is 2.38. The van der Waals surface area contributed by atoms with Gasteiger partial charge in [0.25, 0.3) is 5.91 Å². The number of methoxy groups -OCH3 is 1. The molecule has 1 aliphatic rings. The molecule has 164 valence electrons. The van der Waals surface area contributed by atoms with Gasteiger partial charge in [-0.05, 0) is 47.6 Å². The van der Waals surface area contributed by atoms with Crippen molar-refractivity contribution < 1.29 is 14.3 Å². The highest BCUT2D eigenvalue weighted by Crippen LogP contribution is 2.38. The minimum atomic E-state index is -0.177. The minimum Gasteiger partial charge on any atom is -0.383 e. The van der Waals surface area contributed by atoms with Crippen LogP contribution in [0.1, 0.15) is 47.5 Å². The highest BCUT2D eigenvalue weighted by molar-refractivity contribution is 7.99. The van der Waals surface area contributed by atoms with Gasteiger partial charge in [0, 0.05) is 25.1 Å². The molecule has 0 fully saturated rings. The SMILES string of the molecule is COCCNC(=O)c1c(NC(=O)CSc2nnnn2CC(C)C)sc2c1CCCC2. The highest BCUT2D eigenvalue weighted by Gasteiger charge is 2.26. The second kappa shape index (κ2) is 10.9.